The van der Waals surface area contributed by atoms with E-state index in [1.165, 1.54) is 12.1 Å². The van der Waals surface area contributed by atoms with Crippen LogP contribution in [0.5, 0.6) is 0 Å². The Balaban J connectivity index is 1.78. The minimum atomic E-state index is -0.268. The normalized spacial score (nSPS) is 16.9. The van der Waals surface area contributed by atoms with Gasteiger partial charge in [0.1, 0.15) is 5.82 Å². The highest BCUT2D eigenvalue weighted by atomic mass is 19.1. The molecule has 4 nitrogen and oxygen atoms in total. The maximum absolute atomic E-state index is 13.1. The van der Waals surface area contributed by atoms with Gasteiger partial charge in [0.2, 0.25) is 5.91 Å². The molecule has 2 aromatic rings. The predicted molar refractivity (Wildman–Crippen MR) is 86.5 cm³/mol. The van der Waals surface area contributed by atoms with Gasteiger partial charge in [-0.25, -0.2) is 4.39 Å². The average Bonchev–Trinajstić information content (AvgIpc) is 3.31. The molecule has 0 radical (unpaired) electrons. The zero-order valence-corrected chi connectivity index (χ0v) is 13.7. The second-order valence-corrected chi connectivity index (χ2v) is 6.44. The van der Waals surface area contributed by atoms with Crippen LogP contribution in [0.2, 0.25) is 0 Å². The van der Waals surface area contributed by atoms with Gasteiger partial charge < -0.3 is 5.32 Å². The van der Waals surface area contributed by atoms with Crippen molar-refractivity contribution in [2.45, 2.75) is 45.6 Å². The first kappa shape index (κ1) is 15.7. The second-order valence-electron chi connectivity index (χ2n) is 6.44. The van der Waals surface area contributed by atoms with Crippen LogP contribution in [-0.2, 0) is 4.79 Å². The Hall–Kier alpha value is -2.17. The average molecular weight is 315 g/mol. The molecule has 1 aromatic heterocycles. The van der Waals surface area contributed by atoms with E-state index in [0.717, 1.165) is 35.4 Å². The fourth-order valence-electron chi connectivity index (χ4n) is 3.18. The molecule has 1 aliphatic rings. The lowest BCUT2D eigenvalue weighted by atomic mass is 9.96. The largest absolute Gasteiger partial charge is 0.348 e. The first-order valence-corrected chi connectivity index (χ1v) is 8.04. The fraction of sp³-hybridized carbons (Fsp3) is 0.444. The van der Waals surface area contributed by atoms with Gasteiger partial charge in [0.25, 0.3) is 0 Å². The van der Waals surface area contributed by atoms with Gasteiger partial charge in [-0.3, -0.25) is 9.89 Å². The maximum atomic E-state index is 13.1. The van der Waals surface area contributed by atoms with E-state index in [0.29, 0.717) is 5.92 Å². The van der Waals surface area contributed by atoms with Crippen LogP contribution in [0.15, 0.2) is 24.3 Å². The quantitative estimate of drug-likeness (QED) is 0.886. The summed E-state index contributed by atoms with van der Waals surface area (Å²) in [7, 11) is 0. The van der Waals surface area contributed by atoms with Gasteiger partial charge in [0.15, 0.2) is 0 Å². The zero-order valence-electron chi connectivity index (χ0n) is 13.7. The number of halogens is 1. The number of aryl methyl sites for hydroxylation is 2. The van der Waals surface area contributed by atoms with Crippen LogP contribution in [0.1, 0.15) is 54.2 Å². The van der Waals surface area contributed by atoms with Crippen LogP contribution in [0.25, 0.3) is 0 Å². The van der Waals surface area contributed by atoms with E-state index < -0.39 is 0 Å². The summed E-state index contributed by atoms with van der Waals surface area (Å²) in [6.07, 6.45) is 2.20. The van der Waals surface area contributed by atoms with Crippen molar-refractivity contribution in [1.29, 1.82) is 0 Å². The summed E-state index contributed by atoms with van der Waals surface area (Å²) in [6, 6.07) is 6.38. The number of aromatic amines is 1. The topological polar surface area (TPSA) is 57.8 Å². The number of carbonyl (C=O) groups is 1. The highest BCUT2D eigenvalue weighted by Gasteiger charge is 2.34. The molecule has 1 aliphatic carbocycles. The van der Waals surface area contributed by atoms with E-state index in [1.54, 1.807) is 12.1 Å². The number of nitrogens with zero attached hydrogens (tertiary/aromatic N) is 1. The standard InChI is InChI=1S/C18H22FN3O/c1-10(16-11(2)21-22-12(16)3)18(23)20-17(13-4-5-13)14-6-8-15(19)9-7-14/h6-10,13,17H,4-5H2,1-3H3,(H,20,23)(H,21,22)/t10-,17-/m1/s1. The molecule has 2 atom stereocenters. The number of carbonyl (C=O) groups excluding carboxylic acids is 1. The van der Waals surface area contributed by atoms with Crippen LogP contribution in [0.4, 0.5) is 4.39 Å². The van der Waals surface area contributed by atoms with Crippen molar-refractivity contribution >= 4 is 5.91 Å². The van der Waals surface area contributed by atoms with Crippen molar-refractivity contribution in [3.8, 4) is 0 Å². The molecule has 23 heavy (non-hydrogen) atoms. The Labute approximate surface area is 135 Å². The lowest BCUT2D eigenvalue weighted by Gasteiger charge is -2.21. The molecule has 0 unspecified atom stereocenters. The number of benzene rings is 1. The van der Waals surface area contributed by atoms with Crippen LogP contribution in [0.3, 0.4) is 0 Å². The van der Waals surface area contributed by atoms with E-state index in [-0.39, 0.29) is 23.7 Å². The van der Waals surface area contributed by atoms with Crippen molar-refractivity contribution in [2.75, 3.05) is 0 Å². The third kappa shape index (κ3) is 3.28. The number of amides is 1. The summed E-state index contributed by atoms with van der Waals surface area (Å²) in [5.74, 6) is -0.0925. The number of nitrogens with one attached hydrogen (secondary N) is 2. The lowest BCUT2D eigenvalue weighted by molar-refractivity contribution is -0.123. The minimum absolute atomic E-state index is 0.0150. The summed E-state index contributed by atoms with van der Waals surface area (Å²) in [5.41, 5.74) is 3.70. The molecule has 3 rings (SSSR count). The van der Waals surface area contributed by atoms with Gasteiger partial charge in [-0.1, -0.05) is 12.1 Å². The van der Waals surface area contributed by atoms with Crippen molar-refractivity contribution in [2.24, 2.45) is 5.92 Å². The van der Waals surface area contributed by atoms with Crippen LogP contribution >= 0.6 is 0 Å². The fourth-order valence-corrected chi connectivity index (χ4v) is 3.18. The maximum Gasteiger partial charge on any atom is 0.227 e. The van der Waals surface area contributed by atoms with E-state index in [9.17, 15) is 9.18 Å². The Morgan fingerprint density at radius 3 is 2.48 bits per heavy atom. The van der Waals surface area contributed by atoms with Gasteiger partial charge in [0.05, 0.1) is 17.7 Å². The molecular weight excluding hydrogens is 293 g/mol. The SMILES string of the molecule is Cc1n[nH]c(C)c1[C@@H](C)C(=O)N[C@@H](c1ccc(F)cc1)C1CC1. The molecule has 1 heterocycles. The molecule has 0 spiro atoms. The molecular formula is C18H22FN3O. The van der Waals surface area contributed by atoms with E-state index in [1.807, 2.05) is 20.8 Å². The van der Waals surface area contributed by atoms with Crippen LogP contribution < -0.4 is 5.32 Å². The number of hydrogen-bond donors (Lipinski definition) is 2. The summed E-state index contributed by atoms with van der Waals surface area (Å²) < 4.78 is 13.1. The van der Waals surface area contributed by atoms with E-state index in [4.69, 9.17) is 0 Å². The molecule has 0 saturated heterocycles. The molecule has 1 saturated carbocycles. The second kappa shape index (κ2) is 6.14. The van der Waals surface area contributed by atoms with Crippen LogP contribution in [-0.4, -0.2) is 16.1 Å². The third-order valence-electron chi connectivity index (χ3n) is 4.63. The lowest BCUT2D eigenvalue weighted by Crippen LogP contribution is -2.33. The van der Waals surface area contributed by atoms with Crippen LogP contribution in [0, 0.1) is 25.6 Å². The molecule has 1 aromatic carbocycles. The first-order valence-electron chi connectivity index (χ1n) is 8.04. The molecule has 1 fully saturated rings. The number of H-pyrrole nitrogens is 1. The summed E-state index contributed by atoms with van der Waals surface area (Å²) in [5, 5.41) is 10.2. The van der Waals surface area contributed by atoms with Gasteiger partial charge in [-0.15, -0.1) is 0 Å². The van der Waals surface area contributed by atoms with Gasteiger partial charge >= 0.3 is 0 Å². The van der Waals surface area contributed by atoms with Crippen molar-refractivity contribution < 1.29 is 9.18 Å². The Morgan fingerprint density at radius 2 is 1.96 bits per heavy atom. The summed E-state index contributed by atoms with van der Waals surface area (Å²) >= 11 is 0. The molecule has 0 bridgehead atoms. The molecule has 2 N–H and O–H groups in total. The smallest absolute Gasteiger partial charge is 0.227 e. The summed E-state index contributed by atoms with van der Waals surface area (Å²) in [4.78, 5) is 12.7. The van der Waals surface area contributed by atoms with Gasteiger partial charge in [-0.05, 0) is 57.2 Å². The summed E-state index contributed by atoms with van der Waals surface area (Å²) in [6.45, 7) is 5.73. The van der Waals surface area contributed by atoms with Gasteiger partial charge in [0, 0.05) is 11.3 Å². The Kier molecular flexibility index (Phi) is 4.20. The highest BCUT2D eigenvalue weighted by molar-refractivity contribution is 5.84. The molecule has 5 heteroatoms. The minimum Gasteiger partial charge on any atom is -0.348 e. The van der Waals surface area contributed by atoms with Crippen molar-refractivity contribution in [3.63, 3.8) is 0 Å². The molecule has 1 amide bonds. The predicted octanol–water partition coefficient (Wildman–Crippen LogP) is 3.54. The van der Waals surface area contributed by atoms with Crippen molar-refractivity contribution in [3.05, 3.63) is 52.6 Å². The molecule has 0 aliphatic heterocycles. The number of hydrogen-bond acceptors (Lipinski definition) is 2. The van der Waals surface area contributed by atoms with E-state index >= 15 is 0 Å². The molecule has 122 valence electrons. The van der Waals surface area contributed by atoms with E-state index in [2.05, 4.69) is 15.5 Å². The Bertz CT molecular complexity index is 684. The van der Waals surface area contributed by atoms with Crippen molar-refractivity contribution in [1.82, 2.24) is 15.5 Å². The van der Waals surface area contributed by atoms with Gasteiger partial charge in [-0.2, -0.15) is 5.10 Å². The monoisotopic (exact) mass is 315 g/mol. The first-order chi connectivity index (χ1) is 11.0. The number of aromatic nitrogens is 2. The number of rotatable bonds is 5. The highest BCUT2D eigenvalue weighted by Crippen LogP contribution is 2.41. The third-order valence-corrected chi connectivity index (χ3v) is 4.63. The zero-order chi connectivity index (χ0) is 16.6. The Morgan fingerprint density at radius 1 is 1.30 bits per heavy atom.